The van der Waals surface area contributed by atoms with E-state index >= 15 is 0 Å². The molecule has 0 aliphatic carbocycles. The molecule has 6 nitrogen and oxygen atoms in total. The van der Waals surface area contributed by atoms with Crippen LogP contribution in [0.3, 0.4) is 0 Å². The Morgan fingerprint density at radius 2 is 1.94 bits per heavy atom. The molecule has 0 saturated carbocycles. The molecule has 1 atom stereocenters. The molecule has 10 heteroatoms. The Morgan fingerprint density at radius 3 is 2.48 bits per heavy atom. The molecular weight excluding hydrogens is 477 g/mol. The summed E-state index contributed by atoms with van der Waals surface area (Å²) in [5, 5.41) is 0. The van der Waals surface area contributed by atoms with E-state index in [1.54, 1.807) is 18.3 Å². The van der Waals surface area contributed by atoms with Crippen molar-refractivity contribution in [3.63, 3.8) is 0 Å². The van der Waals surface area contributed by atoms with Gasteiger partial charge in [-0.05, 0) is 52.0 Å². The molecule has 1 aliphatic rings. The van der Waals surface area contributed by atoms with Crippen molar-refractivity contribution in [1.29, 1.82) is 0 Å². The number of carbonyl (C=O) groups excluding carboxylic acids is 2. The summed E-state index contributed by atoms with van der Waals surface area (Å²) in [6.45, 7) is 4.24. The van der Waals surface area contributed by atoms with Crippen molar-refractivity contribution in [3.8, 4) is 0 Å². The van der Waals surface area contributed by atoms with Gasteiger partial charge in [-0.2, -0.15) is 13.2 Å². The molecule has 1 saturated heterocycles. The summed E-state index contributed by atoms with van der Waals surface area (Å²) in [5.41, 5.74) is -0.000340. The van der Waals surface area contributed by atoms with Crippen LogP contribution >= 0.6 is 15.9 Å². The molecule has 2 amide bonds. The van der Waals surface area contributed by atoms with E-state index in [1.807, 2.05) is 13.8 Å². The molecule has 0 N–H and O–H groups in total. The Bertz CT molecular complexity index is 933. The van der Waals surface area contributed by atoms with Crippen LogP contribution in [0.15, 0.2) is 41.3 Å². The molecule has 0 aromatic carbocycles. The Morgan fingerprint density at radius 1 is 1.19 bits per heavy atom. The van der Waals surface area contributed by atoms with Crippen LogP contribution in [0, 0.1) is 5.92 Å². The van der Waals surface area contributed by atoms with Crippen molar-refractivity contribution in [2.24, 2.45) is 5.92 Å². The maximum absolute atomic E-state index is 13.0. The van der Waals surface area contributed by atoms with Crippen LogP contribution < -0.4 is 4.90 Å². The molecule has 0 spiro atoms. The highest BCUT2D eigenvalue weighted by atomic mass is 79.9. The van der Waals surface area contributed by atoms with Crippen molar-refractivity contribution in [3.05, 3.63) is 52.5 Å². The lowest BCUT2D eigenvalue weighted by Gasteiger charge is -2.23. The number of aromatic nitrogens is 2. The number of hydrogen-bond acceptors (Lipinski definition) is 4. The van der Waals surface area contributed by atoms with Gasteiger partial charge < -0.3 is 4.90 Å². The first-order valence-corrected chi connectivity index (χ1v) is 10.6. The predicted octanol–water partition coefficient (Wildman–Crippen LogP) is 4.73. The standard InChI is InChI=1S/C21H22BrF3N4O2/c1-13(2)7-16-11-28(15-4-5-18(26-10-15)21(23,24)25)20(31)29(16)12-17(30)8-14-3-6-19(22)27-9-14/h3-6,9-10,13,16H,7-8,11-12H2,1-2H3/t16-/m0/s1. The van der Waals surface area contributed by atoms with E-state index < -0.39 is 17.9 Å². The normalized spacial score (nSPS) is 17.0. The summed E-state index contributed by atoms with van der Waals surface area (Å²) in [5.74, 6) is 0.135. The summed E-state index contributed by atoms with van der Waals surface area (Å²) in [6.07, 6.45) is -1.09. The number of urea groups is 1. The van der Waals surface area contributed by atoms with Crippen LogP contribution in [0.4, 0.5) is 23.7 Å². The molecule has 2 aromatic heterocycles. The fraction of sp³-hybridized carbons (Fsp3) is 0.429. The molecular formula is C21H22BrF3N4O2. The number of amides is 2. The maximum atomic E-state index is 13.0. The van der Waals surface area contributed by atoms with Gasteiger partial charge in [0.1, 0.15) is 10.3 Å². The third-order valence-corrected chi connectivity index (χ3v) is 5.41. The van der Waals surface area contributed by atoms with E-state index in [4.69, 9.17) is 0 Å². The number of ketones is 1. The first-order valence-electron chi connectivity index (χ1n) is 9.78. The minimum atomic E-state index is -4.55. The van der Waals surface area contributed by atoms with Gasteiger partial charge in [0.2, 0.25) is 0 Å². The van der Waals surface area contributed by atoms with Crippen LogP contribution in [-0.4, -0.2) is 45.8 Å². The Kier molecular flexibility index (Phi) is 6.98. The molecule has 0 radical (unpaired) electrons. The monoisotopic (exact) mass is 498 g/mol. The summed E-state index contributed by atoms with van der Waals surface area (Å²) in [7, 11) is 0. The SMILES string of the molecule is CC(C)C[C@H]1CN(c2ccc(C(F)(F)F)nc2)C(=O)N1CC(=O)Cc1ccc(Br)nc1. The molecule has 0 bridgehead atoms. The second kappa shape index (κ2) is 9.33. The van der Waals surface area contributed by atoms with E-state index in [2.05, 4.69) is 25.9 Å². The van der Waals surface area contributed by atoms with E-state index in [0.717, 1.165) is 17.8 Å². The van der Waals surface area contributed by atoms with Crippen molar-refractivity contribution in [1.82, 2.24) is 14.9 Å². The second-order valence-electron chi connectivity index (χ2n) is 7.91. The lowest BCUT2D eigenvalue weighted by Crippen LogP contribution is -2.40. The summed E-state index contributed by atoms with van der Waals surface area (Å²) >= 11 is 3.24. The molecule has 31 heavy (non-hydrogen) atoms. The second-order valence-corrected chi connectivity index (χ2v) is 8.72. The van der Waals surface area contributed by atoms with Crippen LogP contribution in [0.25, 0.3) is 0 Å². The van der Waals surface area contributed by atoms with E-state index in [1.165, 1.54) is 15.9 Å². The van der Waals surface area contributed by atoms with Gasteiger partial charge in [0.05, 0.1) is 24.5 Å². The third kappa shape index (κ3) is 5.81. The number of pyridine rings is 2. The highest BCUT2D eigenvalue weighted by Crippen LogP contribution is 2.31. The van der Waals surface area contributed by atoms with Crippen molar-refractivity contribution in [2.45, 2.75) is 38.9 Å². The van der Waals surface area contributed by atoms with Crippen molar-refractivity contribution in [2.75, 3.05) is 18.0 Å². The smallest absolute Gasteiger partial charge is 0.312 e. The van der Waals surface area contributed by atoms with Gasteiger partial charge in [-0.3, -0.25) is 9.69 Å². The number of Topliss-reactive ketones (excluding diaryl/α,β-unsaturated/α-hetero) is 1. The Balaban J connectivity index is 1.75. The molecule has 3 heterocycles. The third-order valence-electron chi connectivity index (χ3n) is 4.94. The molecule has 3 rings (SSSR count). The molecule has 0 unspecified atom stereocenters. The summed E-state index contributed by atoms with van der Waals surface area (Å²) in [4.78, 5) is 36.1. The van der Waals surface area contributed by atoms with Gasteiger partial charge >= 0.3 is 12.2 Å². The predicted molar refractivity (Wildman–Crippen MR) is 113 cm³/mol. The number of hydrogen-bond donors (Lipinski definition) is 0. The van der Waals surface area contributed by atoms with Crippen LogP contribution in [0.5, 0.6) is 0 Å². The highest BCUT2D eigenvalue weighted by molar-refractivity contribution is 9.10. The van der Waals surface area contributed by atoms with Crippen molar-refractivity contribution < 1.29 is 22.8 Å². The molecule has 1 aliphatic heterocycles. The number of anilines is 1. The fourth-order valence-electron chi connectivity index (χ4n) is 3.56. The number of carbonyl (C=O) groups is 2. The first kappa shape index (κ1) is 23.2. The molecule has 166 valence electrons. The average molecular weight is 499 g/mol. The molecule has 1 fully saturated rings. The van der Waals surface area contributed by atoms with E-state index in [9.17, 15) is 22.8 Å². The minimum absolute atomic E-state index is 0.0726. The average Bonchev–Trinajstić information content (AvgIpc) is 2.98. The maximum Gasteiger partial charge on any atom is 0.433 e. The zero-order valence-electron chi connectivity index (χ0n) is 17.1. The summed E-state index contributed by atoms with van der Waals surface area (Å²) < 4.78 is 39.0. The highest BCUT2D eigenvalue weighted by Gasteiger charge is 2.39. The lowest BCUT2D eigenvalue weighted by molar-refractivity contribution is -0.141. The lowest BCUT2D eigenvalue weighted by atomic mass is 10.0. The van der Waals surface area contributed by atoms with Crippen molar-refractivity contribution >= 4 is 33.4 Å². The van der Waals surface area contributed by atoms with Gasteiger partial charge in [-0.25, -0.2) is 14.8 Å². The minimum Gasteiger partial charge on any atom is -0.312 e. The fourth-order valence-corrected chi connectivity index (χ4v) is 3.79. The molecule has 2 aromatic rings. The van der Waals surface area contributed by atoms with E-state index in [-0.39, 0.29) is 42.9 Å². The number of halogens is 4. The number of nitrogens with zero attached hydrogens (tertiary/aromatic N) is 4. The van der Waals surface area contributed by atoms with Crippen LogP contribution in [0.1, 0.15) is 31.5 Å². The Labute approximate surface area is 186 Å². The zero-order valence-corrected chi connectivity index (χ0v) is 18.7. The Hall–Kier alpha value is -2.49. The largest absolute Gasteiger partial charge is 0.433 e. The number of alkyl halides is 3. The summed E-state index contributed by atoms with van der Waals surface area (Å²) in [6, 6.07) is 4.99. The zero-order chi connectivity index (χ0) is 22.8. The topological polar surface area (TPSA) is 66.4 Å². The van der Waals surface area contributed by atoms with Gasteiger partial charge in [-0.1, -0.05) is 19.9 Å². The van der Waals surface area contributed by atoms with Gasteiger partial charge in [0.15, 0.2) is 5.78 Å². The van der Waals surface area contributed by atoms with Gasteiger partial charge in [0, 0.05) is 19.2 Å². The quantitative estimate of drug-likeness (QED) is 0.517. The van der Waals surface area contributed by atoms with Crippen LogP contribution in [0.2, 0.25) is 0 Å². The number of rotatable bonds is 7. The van der Waals surface area contributed by atoms with Gasteiger partial charge in [-0.15, -0.1) is 0 Å². The first-order chi connectivity index (χ1) is 14.5. The van der Waals surface area contributed by atoms with Gasteiger partial charge in [0.25, 0.3) is 0 Å². The van der Waals surface area contributed by atoms with Crippen LogP contribution in [-0.2, 0) is 17.4 Å². The van der Waals surface area contributed by atoms with E-state index in [0.29, 0.717) is 11.0 Å².